The van der Waals surface area contributed by atoms with Gasteiger partial charge in [-0.2, -0.15) is 0 Å². The number of benzene rings is 3. The number of carbonyl (C=O) groups is 1. The summed E-state index contributed by atoms with van der Waals surface area (Å²) in [5.41, 5.74) is 11.2. The molecule has 3 aromatic carbocycles. The molecule has 0 saturated carbocycles. The summed E-state index contributed by atoms with van der Waals surface area (Å²) in [4.78, 5) is 15.2. The highest BCUT2D eigenvalue weighted by molar-refractivity contribution is 5.94. The molecule has 4 rings (SSSR count). The highest BCUT2D eigenvalue weighted by Crippen LogP contribution is 2.30. The Kier molecular flexibility index (Phi) is 6.38. The highest BCUT2D eigenvalue weighted by Gasteiger charge is 2.25. The Balaban J connectivity index is 1.43. The van der Waals surface area contributed by atoms with Crippen molar-refractivity contribution in [2.45, 2.75) is 38.1 Å². The van der Waals surface area contributed by atoms with Crippen molar-refractivity contribution in [3.05, 3.63) is 101 Å². The van der Waals surface area contributed by atoms with Crippen molar-refractivity contribution in [2.24, 2.45) is 5.73 Å². The van der Waals surface area contributed by atoms with Crippen molar-refractivity contribution in [1.29, 1.82) is 0 Å². The Hall–Kier alpha value is -3.11. The molecule has 1 heterocycles. The number of phenols is 1. The predicted octanol–water partition coefficient (Wildman–Crippen LogP) is 5.02. The number of hydrogen-bond donors (Lipinski definition) is 2. The van der Waals surface area contributed by atoms with Gasteiger partial charge in [-0.3, -0.25) is 4.79 Å². The number of nitrogens with two attached hydrogens (primary N) is 1. The summed E-state index contributed by atoms with van der Waals surface area (Å²) in [6, 6.07) is 23.7. The Bertz CT molecular complexity index is 1040. The Morgan fingerprint density at radius 1 is 1.00 bits per heavy atom. The molecule has 1 atom stereocenters. The van der Waals surface area contributed by atoms with Crippen LogP contribution in [0.25, 0.3) is 0 Å². The van der Waals surface area contributed by atoms with Crippen LogP contribution in [0.2, 0.25) is 0 Å². The van der Waals surface area contributed by atoms with E-state index >= 15 is 0 Å². The molecule has 0 aromatic heterocycles. The zero-order chi connectivity index (χ0) is 21.8. The largest absolute Gasteiger partial charge is 0.508 e. The minimum atomic E-state index is 0.105. The summed E-state index contributed by atoms with van der Waals surface area (Å²) in [5, 5.41) is 9.53. The number of hydrogen-bond acceptors (Lipinski definition) is 3. The van der Waals surface area contributed by atoms with E-state index in [0.29, 0.717) is 12.5 Å². The first-order chi connectivity index (χ1) is 15.0. The maximum Gasteiger partial charge on any atom is 0.253 e. The summed E-state index contributed by atoms with van der Waals surface area (Å²) in [5.74, 6) is 0.997. The molecule has 31 heavy (non-hydrogen) atoms. The molecule has 1 amide bonds. The molecule has 1 aliphatic rings. The van der Waals surface area contributed by atoms with Crippen molar-refractivity contribution in [3.63, 3.8) is 0 Å². The topological polar surface area (TPSA) is 66.6 Å². The molecular weight excluding hydrogens is 384 g/mol. The van der Waals surface area contributed by atoms with Gasteiger partial charge in [-0.15, -0.1) is 0 Å². The average Bonchev–Trinajstić information content (AvgIpc) is 2.84. The van der Waals surface area contributed by atoms with Gasteiger partial charge in [0, 0.05) is 31.1 Å². The van der Waals surface area contributed by atoms with Gasteiger partial charge in [0.2, 0.25) is 0 Å². The third-order valence-electron chi connectivity index (χ3n) is 6.47. The molecule has 0 aliphatic carbocycles. The van der Waals surface area contributed by atoms with Gasteiger partial charge in [0.15, 0.2) is 0 Å². The number of likely N-dealkylation sites (tertiary alicyclic amines) is 1. The molecule has 4 nitrogen and oxygen atoms in total. The Morgan fingerprint density at radius 3 is 2.42 bits per heavy atom. The van der Waals surface area contributed by atoms with E-state index in [0.717, 1.165) is 48.2 Å². The SMILES string of the molecule is CC(c1ccc(O)cc1)c1cccc(C(=O)N2CCC(c3cccc(CN)c3)CC2)c1. The van der Waals surface area contributed by atoms with Crippen LogP contribution < -0.4 is 5.73 Å². The van der Waals surface area contributed by atoms with E-state index in [1.165, 1.54) is 5.56 Å². The van der Waals surface area contributed by atoms with Gasteiger partial charge in [-0.1, -0.05) is 55.5 Å². The van der Waals surface area contributed by atoms with Crippen molar-refractivity contribution in [3.8, 4) is 5.75 Å². The van der Waals surface area contributed by atoms with E-state index in [1.807, 2.05) is 35.2 Å². The minimum Gasteiger partial charge on any atom is -0.508 e. The van der Waals surface area contributed by atoms with Crippen molar-refractivity contribution in [1.82, 2.24) is 4.90 Å². The average molecular weight is 415 g/mol. The summed E-state index contributed by atoms with van der Waals surface area (Å²) in [6.45, 7) is 4.23. The fraction of sp³-hybridized carbons (Fsp3) is 0.296. The lowest BCUT2D eigenvalue weighted by molar-refractivity contribution is 0.0713. The van der Waals surface area contributed by atoms with Gasteiger partial charge in [-0.25, -0.2) is 0 Å². The molecule has 1 unspecified atom stereocenters. The summed E-state index contributed by atoms with van der Waals surface area (Å²) < 4.78 is 0. The van der Waals surface area contributed by atoms with E-state index in [1.54, 1.807) is 12.1 Å². The van der Waals surface area contributed by atoms with Gasteiger partial charge < -0.3 is 15.7 Å². The second-order valence-electron chi connectivity index (χ2n) is 8.45. The normalized spacial score (nSPS) is 15.6. The van der Waals surface area contributed by atoms with Crippen LogP contribution in [0.1, 0.15) is 64.2 Å². The van der Waals surface area contributed by atoms with Crippen LogP contribution >= 0.6 is 0 Å². The number of piperidine rings is 1. The minimum absolute atomic E-state index is 0.105. The molecule has 1 aliphatic heterocycles. The maximum absolute atomic E-state index is 13.2. The van der Waals surface area contributed by atoms with Crippen LogP contribution in [0.15, 0.2) is 72.8 Å². The lowest BCUT2D eigenvalue weighted by atomic mass is 9.88. The maximum atomic E-state index is 13.2. The quantitative estimate of drug-likeness (QED) is 0.616. The van der Waals surface area contributed by atoms with Crippen LogP contribution in [-0.2, 0) is 6.54 Å². The van der Waals surface area contributed by atoms with E-state index in [9.17, 15) is 9.90 Å². The van der Waals surface area contributed by atoms with Gasteiger partial charge in [0.05, 0.1) is 0 Å². The van der Waals surface area contributed by atoms with E-state index in [2.05, 4.69) is 37.3 Å². The van der Waals surface area contributed by atoms with Gasteiger partial charge >= 0.3 is 0 Å². The standard InChI is InChI=1S/C27H30N2O2/c1-19(21-8-10-26(30)11-9-21)23-5-3-7-25(17-23)27(31)29-14-12-22(13-15-29)24-6-2-4-20(16-24)18-28/h2-11,16-17,19,22,30H,12-15,18,28H2,1H3. The number of carbonyl (C=O) groups excluding carboxylic acids is 1. The number of nitrogens with zero attached hydrogens (tertiary/aromatic N) is 1. The van der Waals surface area contributed by atoms with Crippen LogP contribution in [0, 0.1) is 0 Å². The monoisotopic (exact) mass is 414 g/mol. The van der Waals surface area contributed by atoms with Crippen molar-refractivity contribution in [2.75, 3.05) is 13.1 Å². The number of aromatic hydroxyl groups is 1. The fourth-order valence-corrected chi connectivity index (χ4v) is 4.47. The first-order valence-corrected chi connectivity index (χ1v) is 11.0. The first kappa shape index (κ1) is 21.1. The Morgan fingerprint density at radius 2 is 1.71 bits per heavy atom. The lowest BCUT2D eigenvalue weighted by Crippen LogP contribution is -2.38. The molecular formula is C27H30N2O2. The predicted molar refractivity (Wildman–Crippen MR) is 124 cm³/mol. The third kappa shape index (κ3) is 4.80. The number of rotatable bonds is 5. The fourth-order valence-electron chi connectivity index (χ4n) is 4.47. The summed E-state index contributed by atoms with van der Waals surface area (Å²) >= 11 is 0. The smallest absolute Gasteiger partial charge is 0.253 e. The molecule has 1 fully saturated rings. The molecule has 0 radical (unpaired) electrons. The molecule has 3 N–H and O–H groups in total. The number of amides is 1. The summed E-state index contributed by atoms with van der Waals surface area (Å²) in [6.07, 6.45) is 1.95. The van der Waals surface area contributed by atoms with Crippen LogP contribution in [0.3, 0.4) is 0 Å². The molecule has 1 saturated heterocycles. The molecule has 0 bridgehead atoms. The van der Waals surface area contributed by atoms with Crippen molar-refractivity contribution < 1.29 is 9.90 Å². The van der Waals surface area contributed by atoms with Gasteiger partial charge in [0.25, 0.3) is 5.91 Å². The second kappa shape index (κ2) is 9.36. The second-order valence-corrected chi connectivity index (χ2v) is 8.45. The van der Waals surface area contributed by atoms with E-state index in [-0.39, 0.29) is 17.6 Å². The molecule has 160 valence electrons. The van der Waals surface area contributed by atoms with Gasteiger partial charge in [-0.05, 0) is 65.3 Å². The first-order valence-electron chi connectivity index (χ1n) is 11.0. The Labute approximate surface area is 184 Å². The van der Waals surface area contributed by atoms with Crippen LogP contribution in [0.5, 0.6) is 5.75 Å². The third-order valence-corrected chi connectivity index (χ3v) is 6.47. The van der Waals surface area contributed by atoms with Crippen LogP contribution in [0.4, 0.5) is 0 Å². The van der Waals surface area contributed by atoms with Gasteiger partial charge in [0.1, 0.15) is 5.75 Å². The zero-order valence-corrected chi connectivity index (χ0v) is 18.0. The van der Waals surface area contributed by atoms with E-state index < -0.39 is 0 Å². The summed E-state index contributed by atoms with van der Waals surface area (Å²) in [7, 11) is 0. The van der Waals surface area contributed by atoms with Crippen LogP contribution in [-0.4, -0.2) is 29.0 Å². The highest BCUT2D eigenvalue weighted by atomic mass is 16.3. The lowest BCUT2D eigenvalue weighted by Gasteiger charge is -2.32. The zero-order valence-electron chi connectivity index (χ0n) is 18.0. The number of phenolic OH excluding ortho intramolecular Hbond substituents is 1. The molecule has 4 heteroatoms. The van der Waals surface area contributed by atoms with Crippen molar-refractivity contribution >= 4 is 5.91 Å². The van der Waals surface area contributed by atoms with E-state index in [4.69, 9.17) is 5.73 Å². The molecule has 0 spiro atoms. The molecule has 3 aromatic rings.